The van der Waals surface area contributed by atoms with Crippen molar-refractivity contribution in [3.05, 3.63) is 0 Å². The molecule has 0 aromatic carbocycles. The third-order valence-corrected chi connectivity index (χ3v) is 3.60. The molecule has 0 fully saturated rings. The summed E-state index contributed by atoms with van der Waals surface area (Å²) in [7, 11) is 0. The highest BCUT2D eigenvalue weighted by Gasteiger charge is 2.16. The fraction of sp³-hybridized carbons (Fsp3) is 1.00. The molecule has 0 aliphatic heterocycles. The van der Waals surface area contributed by atoms with Crippen LogP contribution >= 0.6 is 0 Å². The van der Waals surface area contributed by atoms with Crippen LogP contribution in [0.2, 0.25) is 0 Å². The van der Waals surface area contributed by atoms with Gasteiger partial charge in [-0.25, -0.2) is 0 Å². The number of hydrogen-bond acceptors (Lipinski definition) is 0. The third kappa shape index (κ3) is 5.33. The predicted molar refractivity (Wildman–Crippen MR) is 61.9 cm³/mol. The zero-order valence-corrected chi connectivity index (χ0v) is 10.4. The Morgan fingerprint density at radius 2 is 1.31 bits per heavy atom. The first-order valence-electron chi connectivity index (χ1n) is 5.99. The Balaban J connectivity index is 3.77. The lowest BCUT2D eigenvalue weighted by molar-refractivity contribution is 0.262. The topological polar surface area (TPSA) is 0 Å². The van der Waals surface area contributed by atoms with Gasteiger partial charge in [0, 0.05) is 0 Å². The maximum Gasteiger partial charge on any atom is -0.0414 e. The molecular weight excluding hydrogens is 156 g/mol. The van der Waals surface area contributed by atoms with Gasteiger partial charge in [-0.2, -0.15) is 0 Å². The number of hydrogen-bond donors (Lipinski definition) is 0. The maximum absolute atomic E-state index is 2.42. The Hall–Kier alpha value is 0. The van der Waals surface area contributed by atoms with Crippen LogP contribution in [0.25, 0.3) is 0 Å². The van der Waals surface area contributed by atoms with Crippen molar-refractivity contribution in [2.75, 3.05) is 0 Å². The summed E-state index contributed by atoms with van der Waals surface area (Å²) in [6.07, 6.45) is 4.13. The molecule has 0 N–H and O–H groups in total. The normalized spacial score (nSPS) is 18.7. The zero-order chi connectivity index (χ0) is 10.4. The molecule has 13 heavy (non-hydrogen) atoms. The zero-order valence-electron chi connectivity index (χ0n) is 10.4. The molecule has 0 radical (unpaired) electrons. The summed E-state index contributed by atoms with van der Waals surface area (Å²) in [5.74, 6) is 3.54. The van der Waals surface area contributed by atoms with E-state index in [1.165, 1.54) is 19.3 Å². The van der Waals surface area contributed by atoms with Gasteiger partial charge >= 0.3 is 0 Å². The van der Waals surface area contributed by atoms with Crippen molar-refractivity contribution in [1.29, 1.82) is 0 Å². The van der Waals surface area contributed by atoms with Crippen molar-refractivity contribution in [3.63, 3.8) is 0 Å². The molecule has 0 aromatic heterocycles. The van der Waals surface area contributed by atoms with Crippen molar-refractivity contribution in [2.24, 2.45) is 23.7 Å². The highest BCUT2D eigenvalue weighted by Crippen LogP contribution is 2.26. The van der Waals surface area contributed by atoms with Crippen LogP contribution < -0.4 is 0 Å². The Kier molecular flexibility index (Phi) is 6.45. The molecule has 3 unspecified atom stereocenters. The molecule has 0 bridgehead atoms. The molecule has 3 atom stereocenters. The van der Waals surface area contributed by atoms with E-state index in [0.717, 1.165) is 23.7 Å². The lowest BCUT2D eigenvalue weighted by atomic mass is 9.81. The average Bonchev–Trinajstić information content (AvgIpc) is 2.04. The first kappa shape index (κ1) is 13.0. The van der Waals surface area contributed by atoms with E-state index < -0.39 is 0 Å². The van der Waals surface area contributed by atoms with Gasteiger partial charge in [0.1, 0.15) is 0 Å². The van der Waals surface area contributed by atoms with Gasteiger partial charge < -0.3 is 0 Å². The number of rotatable bonds is 6. The van der Waals surface area contributed by atoms with E-state index in [4.69, 9.17) is 0 Å². The first-order valence-corrected chi connectivity index (χ1v) is 5.99. The molecule has 0 rings (SSSR count). The van der Waals surface area contributed by atoms with E-state index >= 15 is 0 Å². The van der Waals surface area contributed by atoms with Gasteiger partial charge in [-0.15, -0.1) is 0 Å². The van der Waals surface area contributed by atoms with Gasteiger partial charge in [0.2, 0.25) is 0 Å². The lowest BCUT2D eigenvalue weighted by Gasteiger charge is -2.24. The van der Waals surface area contributed by atoms with Gasteiger partial charge in [-0.3, -0.25) is 0 Å². The average molecular weight is 184 g/mol. The molecule has 0 saturated carbocycles. The fourth-order valence-corrected chi connectivity index (χ4v) is 1.83. The Bertz CT molecular complexity index is 115. The summed E-state index contributed by atoms with van der Waals surface area (Å²) in [5.41, 5.74) is 0. The Morgan fingerprint density at radius 1 is 0.769 bits per heavy atom. The van der Waals surface area contributed by atoms with Crippen LogP contribution in [0.15, 0.2) is 0 Å². The van der Waals surface area contributed by atoms with Gasteiger partial charge in [0.25, 0.3) is 0 Å². The summed E-state index contributed by atoms with van der Waals surface area (Å²) >= 11 is 0. The minimum Gasteiger partial charge on any atom is -0.0654 e. The Morgan fingerprint density at radius 3 is 1.69 bits per heavy atom. The first-order chi connectivity index (χ1) is 5.99. The second kappa shape index (κ2) is 6.45. The van der Waals surface area contributed by atoms with E-state index in [9.17, 15) is 0 Å². The summed E-state index contributed by atoms with van der Waals surface area (Å²) in [4.78, 5) is 0. The van der Waals surface area contributed by atoms with E-state index in [0.29, 0.717) is 0 Å². The van der Waals surface area contributed by atoms with Crippen molar-refractivity contribution >= 4 is 0 Å². The summed E-state index contributed by atoms with van der Waals surface area (Å²) in [6.45, 7) is 14.2. The smallest absolute Gasteiger partial charge is 0.0414 e. The molecule has 0 aromatic rings. The molecule has 0 spiro atoms. The molecule has 80 valence electrons. The van der Waals surface area contributed by atoms with Crippen LogP contribution in [0.4, 0.5) is 0 Å². The second-order valence-corrected chi connectivity index (χ2v) is 5.20. The minimum absolute atomic E-state index is 0.844. The maximum atomic E-state index is 2.42. The van der Waals surface area contributed by atoms with E-state index in [1.807, 2.05) is 0 Å². The third-order valence-electron chi connectivity index (χ3n) is 3.60. The lowest BCUT2D eigenvalue weighted by Crippen LogP contribution is -2.14. The highest BCUT2D eigenvalue weighted by molar-refractivity contribution is 4.67. The molecule has 0 aliphatic carbocycles. The quantitative estimate of drug-likeness (QED) is 0.559. The standard InChI is InChI=1S/C13H28/c1-7-8-11(4)13(6)9-12(5)10(2)3/h10-13H,7-9H2,1-6H3. The summed E-state index contributed by atoms with van der Waals surface area (Å²) in [6, 6.07) is 0. The van der Waals surface area contributed by atoms with Crippen molar-refractivity contribution < 1.29 is 0 Å². The monoisotopic (exact) mass is 184 g/mol. The SMILES string of the molecule is CCCC(C)C(C)CC(C)C(C)C. The molecule has 0 heteroatoms. The molecule has 0 amide bonds. The molecule has 0 heterocycles. The predicted octanol–water partition coefficient (Wildman–Crippen LogP) is 4.74. The van der Waals surface area contributed by atoms with Gasteiger partial charge in [0.05, 0.1) is 0 Å². The van der Waals surface area contributed by atoms with Crippen molar-refractivity contribution in [3.8, 4) is 0 Å². The van der Waals surface area contributed by atoms with E-state index in [1.54, 1.807) is 0 Å². The van der Waals surface area contributed by atoms with Crippen LogP contribution in [0.3, 0.4) is 0 Å². The van der Waals surface area contributed by atoms with Crippen LogP contribution in [0, 0.1) is 23.7 Å². The molecule has 0 nitrogen and oxygen atoms in total. The van der Waals surface area contributed by atoms with Crippen molar-refractivity contribution in [1.82, 2.24) is 0 Å². The second-order valence-electron chi connectivity index (χ2n) is 5.20. The van der Waals surface area contributed by atoms with Crippen LogP contribution in [-0.4, -0.2) is 0 Å². The minimum atomic E-state index is 0.844. The van der Waals surface area contributed by atoms with Crippen LogP contribution in [0.5, 0.6) is 0 Å². The van der Waals surface area contributed by atoms with E-state index in [2.05, 4.69) is 41.5 Å². The summed E-state index contributed by atoms with van der Waals surface area (Å²) in [5, 5.41) is 0. The summed E-state index contributed by atoms with van der Waals surface area (Å²) < 4.78 is 0. The van der Waals surface area contributed by atoms with Crippen LogP contribution in [-0.2, 0) is 0 Å². The van der Waals surface area contributed by atoms with Crippen molar-refractivity contribution in [2.45, 2.75) is 60.8 Å². The van der Waals surface area contributed by atoms with Gasteiger partial charge in [0.15, 0.2) is 0 Å². The molecule has 0 saturated heterocycles. The fourth-order valence-electron chi connectivity index (χ4n) is 1.83. The van der Waals surface area contributed by atoms with Gasteiger partial charge in [-0.1, -0.05) is 54.4 Å². The van der Waals surface area contributed by atoms with E-state index in [-0.39, 0.29) is 0 Å². The molecular formula is C13H28. The molecule has 0 aliphatic rings. The highest BCUT2D eigenvalue weighted by atomic mass is 14.2. The van der Waals surface area contributed by atoms with Gasteiger partial charge in [-0.05, 0) is 30.1 Å². The Labute approximate surface area is 85.1 Å². The largest absolute Gasteiger partial charge is 0.0654 e. The van der Waals surface area contributed by atoms with Crippen LogP contribution in [0.1, 0.15) is 60.8 Å².